The zero-order chi connectivity index (χ0) is 17.1. The molecule has 6 heteroatoms. The molecule has 4 rings (SSSR count). The Bertz CT molecular complexity index is 799. The third-order valence-corrected chi connectivity index (χ3v) is 4.99. The lowest BCUT2D eigenvalue weighted by Crippen LogP contribution is -2.42. The molecule has 1 aliphatic rings. The topological polar surface area (TPSA) is 61.8 Å². The van der Waals surface area contributed by atoms with Gasteiger partial charge in [-0.25, -0.2) is 4.98 Å². The molecule has 0 aliphatic carbocycles. The van der Waals surface area contributed by atoms with Crippen molar-refractivity contribution in [1.82, 2.24) is 25.1 Å². The quantitative estimate of drug-likeness (QED) is 0.752. The molecule has 1 saturated heterocycles. The van der Waals surface area contributed by atoms with Crippen LogP contribution < -0.4 is 10.2 Å². The molecular formula is C19H24N6. The predicted octanol–water partition coefficient (Wildman–Crippen LogP) is 2.57. The van der Waals surface area contributed by atoms with Crippen LogP contribution in [0.3, 0.4) is 0 Å². The van der Waals surface area contributed by atoms with Crippen molar-refractivity contribution in [2.45, 2.75) is 25.4 Å². The second-order valence-corrected chi connectivity index (χ2v) is 6.62. The van der Waals surface area contributed by atoms with E-state index in [2.05, 4.69) is 54.2 Å². The molecule has 25 heavy (non-hydrogen) atoms. The maximum absolute atomic E-state index is 4.38. The van der Waals surface area contributed by atoms with Crippen LogP contribution in [0.15, 0.2) is 48.9 Å². The lowest BCUT2D eigenvalue weighted by molar-refractivity contribution is 0.407. The summed E-state index contributed by atoms with van der Waals surface area (Å²) in [4.78, 5) is 6.85. The third-order valence-electron chi connectivity index (χ3n) is 4.99. The Morgan fingerprint density at radius 1 is 1.20 bits per heavy atom. The second kappa shape index (κ2) is 7.11. The standard InChI is InChI=1S/C19H24N6/c1-24-12-9-20-19(24)14-21-16-6-10-25(11-7-16)17-4-2-3-15(13-17)18-5-8-22-23-18/h2-5,8-9,12-13,16,21H,6-7,10-11,14H2,1H3,(H,22,23). The van der Waals surface area contributed by atoms with E-state index in [1.165, 1.54) is 11.3 Å². The Morgan fingerprint density at radius 2 is 2.08 bits per heavy atom. The van der Waals surface area contributed by atoms with Crippen molar-refractivity contribution in [3.8, 4) is 11.3 Å². The fourth-order valence-electron chi connectivity index (χ4n) is 3.43. The molecule has 0 radical (unpaired) electrons. The number of nitrogens with zero attached hydrogens (tertiary/aromatic N) is 4. The number of rotatable bonds is 5. The molecule has 0 atom stereocenters. The summed E-state index contributed by atoms with van der Waals surface area (Å²) in [6, 6.07) is 11.3. The number of piperidine rings is 1. The highest BCUT2D eigenvalue weighted by Gasteiger charge is 2.19. The zero-order valence-corrected chi connectivity index (χ0v) is 14.5. The first-order valence-electron chi connectivity index (χ1n) is 8.84. The summed E-state index contributed by atoms with van der Waals surface area (Å²) >= 11 is 0. The summed E-state index contributed by atoms with van der Waals surface area (Å²) in [5.41, 5.74) is 3.54. The minimum absolute atomic E-state index is 0.559. The molecule has 1 aliphatic heterocycles. The minimum atomic E-state index is 0.559. The first-order valence-corrected chi connectivity index (χ1v) is 8.84. The van der Waals surface area contributed by atoms with Crippen LogP contribution in [0.25, 0.3) is 11.3 Å². The number of benzene rings is 1. The van der Waals surface area contributed by atoms with Crippen molar-refractivity contribution >= 4 is 5.69 Å². The van der Waals surface area contributed by atoms with Gasteiger partial charge in [-0.1, -0.05) is 12.1 Å². The van der Waals surface area contributed by atoms with Crippen molar-refractivity contribution in [3.63, 3.8) is 0 Å². The van der Waals surface area contributed by atoms with Crippen molar-refractivity contribution in [3.05, 3.63) is 54.7 Å². The average molecular weight is 336 g/mol. The number of H-pyrrole nitrogens is 1. The Balaban J connectivity index is 1.34. The van der Waals surface area contributed by atoms with Gasteiger partial charge in [0.2, 0.25) is 0 Å². The summed E-state index contributed by atoms with van der Waals surface area (Å²) in [5.74, 6) is 1.09. The van der Waals surface area contributed by atoms with Crippen molar-refractivity contribution < 1.29 is 0 Å². The van der Waals surface area contributed by atoms with E-state index in [9.17, 15) is 0 Å². The summed E-state index contributed by atoms with van der Waals surface area (Å²) in [6.45, 7) is 2.98. The number of aryl methyl sites for hydroxylation is 1. The fourth-order valence-corrected chi connectivity index (χ4v) is 3.43. The van der Waals surface area contributed by atoms with Gasteiger partial charge in [0.15, 0.2) is 0 Å². The van der Waals surface area contributed by atoms with E-state index in [0.717, 1.165) is 44.0 Å². The van der Waals surface area contributed by atoms with Gasteiger partial charge in [0.25, 0.3) is 0 Å². The van der Waals surface area contributed by atoms with Gasteiger partial charge in [0.1, 0.15) is 5.82 Å². The molecule has 0 unspecified atom stereocenters. The number of hydrogen-bond donors (Lipinski definition) is 2. The largest absolute Gasteiger partial charge is 0.371 e. The molecule has 1 fully saturated rings. The molecule has 6 nitrogen and oxygen atoms in total. The molecule has 2 N–H and O–H groups in total. The molecule has 0 amide bonds. The average Bonchev–Trinajstić information content (AvgIpc) is 3.32. The van der Waals surface area contributed by atoms with E-state index in [1.807, 2.05) is 25.5 Å². The molecule has 3 aromatic rings. The van der Waals surface area contributed by atoms with Crippen LogP contribution in [0.2, 0.25) is 0 Å². The Hall–Kier alpha value is -2.60. The lowest BCUT2D eigenvalue weighted by atomic mass is 10.0. The van der Waals surface area contributed by atoms with Crippen molar-refractivity contribution in [2.75, 3.05) is 18.0 Å². The van der Waals surface area contributed by atoms with Gasteiger partial charge in [-0.2, -0.15) is 5.10 Å². The normalized spacial score (nSPS) is 15.6. The van der Waals surface area contributed by atoms with Crippen LogP contribution >= 0.6 is 0 Å². The molecule has 2 aromatic heterocycles. The molecule has 3 heterocycles. The fraction of sp³-hybridized carbons (Fsp3) is 0.368. The maximum atomic E-state index is 4.38. The number of hydrogen-bond acceptors (Lipinski definition) is 4. The summed E-state index contributed by atoms with van der Waals surface area (Å²) in [7, 11) is 2.04. The van der Waals surface area contributed by atoms with Crippen LogP contribution in [0.1, 0.15) is 18.7 Å². The van der Waals surface area contributed by atoms with Crippen molar-refractivity contribution in [2.24, 2.45) is 7.05 Å². The van der Waals surface area contributed by atoms with Crippen LogP contribution in [0, 0.1) is 0 Å². The van der Waals surface area contributed by atoms with Gasteiger partial charge in [-0.15, -0.1) is 0 Å². The van der Waals surface area contributed by atoms with Gasteiger partial charge in [-0.3, -0.25) is 5.10 Å². The third kappa shape index (κ3) is 3.58. The molecule has 1 aromatic carbocycles. The number of aromatic amines is 1. The van der Waals surface area contributed by atoms with Gasteiger partial charge in [-0.05, 0) is 31.0 Å². The summed E-state index contributed by atoms with van der Waals surface area (Å²) in [6.07, 6.45) is 7.94. The van der Waals surface area contributed by atoms with E-state index >= 15 is 0 Å². The van der Waals surface area contributed by atoms with Crippen LogP contribution in [-0.2, 0) is 13.6 Å². The number of nitrogens with one attached hydrogen (secondary N) is 2. The minimum Gasteiger partial charge on any atom is -0.371 e. The Kier molecular flexibility index (Phi) is 4.52. The van der Waals surface area contributed by atoms with Crippen molar-refractivity contribution in [1.29, 1.82) is 0 Å². The van der Waals surface area contributed by atoms with Gasteiger partial charge < -0.3 is 14.8 Å². The molecule has 0 spiro atoms. The predicted molar refractivity (Wildman–Crippen MR) is 99.3 cm³/mol. The molecule has 0 saturated carbocycles. The van der Waals surface area contributed by atoms with Gasteiger partial charge in [0.05, 0.1) is 12.2 Å². The lowest BCUT2D eigenvalue weighted by Gasteiger charge is -2.34. The van der Waals surface area contributed by atoms with E-state index in [1.54, 1.807) is 6.20 Å². The molecular weight excluding hydrogens is 312 g/mol. The molecule has 130 valence electrons. The first kappa shape index (κ1) is 15.9. The monoisotopic (exact) mass is 336 g/mol. The van der Waals surface area contributed by atoms with E-state index < -0.39 is 0 Å². The van der Waals surface area contributed by atoms with Gasteiger partial charge in [0, 0.05) is 56.0 Å². The van der Waals surface area contributed by atoms with Gasteiger partial charge >= 0.3 is 0 Å². The summed E-state index contributed by atoms with van der Waals surface area (Å²) < 4.78 is 2.07. The van der Waals surface area contributed by atoms with E-state index in [4.69, 9.17) is 0 Å². The van der Waals surface area contributed by atoms with Crippen LogP contribution in [-0.4, -0.2) is 38.9 Å². The number of aromatic nitrogens is 4. The second-order valence-electron chi connectivity index (χ2n) is 6.62. The molecule has 0 bridgehead atoms. The number of anilines is 1. The number of imidazole rings is 1. The van der Waals surface area contributed by atoms with E-state index in [-0.39, 0.29) is 0 Å². The Labute approximate surface area is 147 Å². The first-order chi connectivity index (χ1) is 12.3. The zero-order valence-electron chi connectivity index (χ0n) is 14.5. The highest BCUT2D eigenvalue weighted by atomic mass is 15.2. The Morgan fingerprint density at radius 3 is 2.80 bits per heavy atom. The van der Waals surface area contributed by atoms with Crippen LogP contribution in [0.5, 0.6) is 0 Å². The highest BCUT2D eigenvalue weighted by Crippen LogP contribution is 2.25. The summed E-state index contributed by atoms with van der Waals surface area (Å²) in [5, 5.41) is 10.7. The van der Waals surface area contributed by atoms with E-state index in [0.29, 0.717) is 6.04 Å². The highest BCUT2D eigenvalue weighted by molar-refractivity contribution is 5.65. The van der Waals surface area contributed by atoms with Crippen LogP contribution in [0.4, 0.5) is 5.69 Å². The maximum Gasteiger partial charge on any atom is 0.122 e. The smallest absolute Gasteiger partial charge is 0.122 e. The SMILES string of the molecule is Cn1ccnc1CNC1CCN(c2cccc(-c3ccn[nH]3)c2)CC1.